The summed E-state index contributed by atoms with van der Waals surface area (Å²) in [5.41, 5.74) is 3.49. The van der Waals surface area contributed by atoms with Gasteiger partial charge in [0.15, 0.2) is 0 Å². The zero-order chi connectivity index (χ0) is 13.2. The molecule has 108 valence electrons. The van der Waals surface area contributed by atoms with E-state index in [9.17, 15) is 0 Å². The van der Waals surface area contributed by atoms with Crippen LogP contribution in [0.1, 0.15) is 12.5 Å². The van der Waals surface area contributed by atoms with E-state index < -0.39 is 0 Å². The van der Waals surface area contributed by atoms with Crippen molar-refractivity contribution in [3.8, 4) is 0 Å². The highest BCUT2D eigenvalue weighted by molar-refractivity contribution is 6.34. The third-order valence-corrected chi connectivity index (χ3v) is 3.98. The average Bonchev–Trinajstić information content (AvgIpc) is 2.47. The van der Waals surface area contributed by atoms with Crippen LogP contribution in [-0.4, -0.2) is 31.2 Å². The molecule has 3 rings (SSSR count). The van der Waals surface area contributed by atoms with E-state index in [1.807, 2.05) is 0 Å². The minimum Gasteiger partial charge on any atom is -0.367 e. The minimum atomic E-state index is 0. The second-order valence-corrected chi connectivity index (χ2v) is 5.30. The van der Waals surface area contributed by atoms with Crippen LogP contribution in [0, 0.1) is 0 Å². The summed E-state index contributed by atoms with van der Waals surface area (Å²) in [6.07, 6.45) is 2.80. The predicted octanol–water partition coefficient (Wildman–Crippen LogP) is 3.28. The fourth-order valence-electron chi connectivity index (χ4n) is 2.63. The number of hydrogen-bond donors (Lipinski definition) is 1. The molecule has 0 amide bonds. The molecule has 1 aromatic carbocycles. The molecule has 3 nitrogen and oxygen atoms in total. The van der Waals surface area contributed by atoms with Crippen LogP contribution in [0.25, 0.3) is 10.9 Å². The molecule has 1 aromatic heterocycles. The van der Waals surface area contributed by atoms with E-state index in [4.69, 9.17) is 11.6 Å². The van der Waals surface area contributed by atoms with Crippen LogP contribution < -0.4 is 10.2 Å². The molecule has 1 N–H and O–H groups in total. The van der Waals surface area contributed by atoms with Gasteiger partial charge < -0.3 is 10.2 Å². The van der Waals surface area contributed by atoms with Crippen LogP contribution in [-0.2, 0) is 6.42 Å². The van der Waals surface area contributed by atoms with Gasteiger partial charge in [0.05, 0.1) is 16.2 Å². The van der Waals surface area contributed by atoms with Gasteiger partial charge in [-0.1, -0.05) is 24.6 Å². The molecule has 1 saturated heterocycles. The highest BCUT2D eigenvalue weighted by Crippen LogP contribution is 2.33. The predicted molar refractivity (Wildman–Crippen MR) is 88.5 cm³/mol. The summed E-state index contributed by atoms with van der Waals surface area (Å²) in [5, 5.41) is 5.30. The van der Waals surface area contributed by atoms with Crippen molar-refractivity contribution in [2.24, 2.45) is 0 Å². The first kappa shape index (κ1) is 15.4. The number of aryl methyl sites for hydroxylation is 1. The molecule has 1 fully saturated rings. The van der Waals surface area contributed by atoms with Crippen molar-refractivity contribution in [1.29, 1.82) is 0 Å². The lowest BCUT2D eigenvalue weighted by molar-refractivity contribution is 0.590. The average molecular weight is 312 g/mol. The second-order valence-electron chi connectivity index (χ2n) is 4.90. The molecular weight excluding hydrogens is 293 g/mol. The largest absolute Gasteiger partial charge is 0.367 e. The molecule has 0 unspecified atom stereocenters. The highest BCUT2D eigenvalue weighted by atomic mass is 35.5. The molecule has 0 atom stereocenters. The number of nitrogens with one attached hydrogen (secondary N) is 1. The van der Waals surface area contributed by atoms with E-state index in [0.29, 0.717) is 0 Å². The first-order chi connectivity index (χ1) is 9.29. The van der Waals surface area contributed by atoms with Gasteiger partial charge in [0.2, 0.25) is 0 Å². The van der Waals surface area contributed by atoms with Crippen LogP contribution in [0.4, 0.5) is 5.69 Å². The number of pyridine rings is 1. The van der Waals surface area contributed by atoms with Crippen molar-refractivity contribution < 1.29 is 0 Å². The van der Waals surface area contributed by atoms with Gasteiger partial charge in [-0.15, -0.1) is 12.4 Å². The van der Waals surface area contributed by atoms with E-state index in [0.717, 1.165) is 48.8 Å². The van der Waals surface area contributed by atoms with E-state index in [1.165, 1.54) is 10.9 Å². The number of fused-ring (bicyclic) bond motifs is 1. The van der Waals surface area contributed by atoms with Gasteiger partial charge in [0.25, 0.3) is 0 Å². The van der Waals surface area contributed by atoms with Crippen molar-refractivity contribution in [3.05, 3.63) is 35.0 Å². The lowest BCUT2D eigenvalue weighted by Crippen LogP contribution is -2.43. The van der Waals surface area contributed by atoms with Gasteiger partial charge in [-0.3, -0.25) is 4.98 Å². The number of nitrogens with zero attached hydrogens (tertiary/aromatic N) is 2. The number of halogens is 2. The quantitative estimate of drug-likeness (QED) is 0.922. The summed E-state index contributed by atoms with van der Waals surface area (Å²) >= 11 is 6.41. The lowest BCUT2D eigenvalue weighted by Gasteiger charge is -2.31. The minimum absolute atomic E-state index is 0. The molecule has 0 saturated carbocycles. The zero-order valence-electron chi connectivity index (χ0n) is 11.5. The van der Waals surface area contributed by atoms with Crippen molar-refractivity contribution >= 4 is 40.6 Å². The highest BCUT2D eigenvalue weighted by Gasteiger charge is 2.17. The molecule has 0 spiro atoms. The van der Waals surface area contributed by atoms with Crippen LogP contribution in [0.3, 0.4) is 0 Å². The molecule has 5 heteroatoms. The maximum Gasteiger partial charge on any atom is 0.0829 e. The lowest BCUT2D eigenvalue weighted by atomic mass is 10.1. The van der Waals surface area contributed by atoms with E-state index in [-0.39, 0.29) is 12.4 Å². The van der Waals surface area contributed by atoms with Crippen molar-refractivity contribution in [3.63, 3.8) is 0 Å². The van der Waals surface area contributed by atoms with Crippen molar-refractivity contribution in [2.45, 2.75) is 13.3 Å². The van der Waals surface area contributed by atoms with E-state index >= 15 is 0 Å². The van der Waals surface area contributed by atoms with Gasteiger partial charge >= 0.3 is 0 Å². The molecule has 0 bridgehead atoms. The number of anilines is 1. The Morgan fingerprint density at radius 2 is 2.05 bits per heavy atom. The smallest absolute Gasteiger partial charge is 0.0829 e. The Bertz CT molecular complexity index is 595. The Morgan fingerprint density at radius 1 is 1.30 bits per heavy atom. The zero-order valence-corrected chi connectivity index (χ0v) is 13.1. The standard InChI is InChI=1S/C15H18ClN3.ClH/c1-2-11-3-4-14-12(9-11)15(13(16)10-18-14)19-7-5-17-6-8-19;/h3-4,9-10,17H,2,5-8H2,1H3;1H. The fourth-order valence-corrected chi connectivity index (χ4v) is 2.90. The van der Waals surface area contributed by atoms with Gasteiger partial charge in [0.1, 0.15) is 0 Å². The molecule has 0 radical (unpaired) electrons. The Balaban J connectivity index is 0.00000147. The Morgan fingerprint density at radius 3 is 2.75 bits per heavy atom. The van der Waals surface area contributed by atoms with Crippen molar-refractivity contribution in [1.82, 2.24) is 10.3 Å². The van der Waals surface area contributed by atoms with Crippen molar-refractivity contribution in [2.75, 3.05) is 31.1 Å². The van der Waals surface area contributed by atoms with Gasteiger partial charge in [-0.05, 0) is 24.1 Å². The normalized spacial score (nSPS) is 15.2. The first-order valence-electron chi connectivity index (χ1n) is 6.82. The van der Waals surface area contributed by atoms with Gasteiger partial charge in [0, 0.05) is 37.8 Å². The first-order valence-corrected chi connectivity index (χ1v) is 7.20. The Kier molecular flexibility index (Phi) is 5.08. The monoisotopic (exact) mass is 311 g/mol. The maximum absolute atomic E-state index is 6.41. The molecule has 0 aliphatic carbocycles. The molecule has 20 heavy (non-hydrogen) atoms. The van der Waals surface area contributed by atoms with Gasteiger partial charge in [-0.25, -0.2) is 0 Å². The third-order valence-electron chi connectivity index (χ3n) is 3.70. The summed E-state index contributed by atoms with van der Waals surface area (Å²) in [7, 11) is 0. The molecule has 1 aliphatic heterocycles. The Labute approximate surface area is 130 Å². The fraction of sp³-hybridized carbons (Fsp3) is 0.400. The summed E-state index contributed by atoms with van der Waals surface area (Å²) in [6, 6.07) is 6.46. The summed E-state index contributed by atoms with van der Waals surface area (Å²) < 4.78 is 0. The van der Waals surface area contributed by atoms with Gasteiger partial charge in [-0.2, -0.15) is 0 Å². The second kappa shape index (κ2) is 6.61. The van der Waals surface area contributed by atoms with E-state index in [1.54, 1.807) is 6.20 Å². The summed E-state index contributed by atoms with van der Waals surface area (Å²) in [4.78, 5) is 6.80. The number of aromatic nitrogens is 1. The number of hydrogen-bond acceptors (Lipinski definition) is 3. The molecule has 2 heterocycles. The van der Waals surface area contributed by atoms with Crippen LogP contribution in [0.5, 0.6) is 0 Å². The number of benzene rings is 1. The molecule has 2 aromatic rings. The summed E-state index contributed by atoms with van der Waals surface area (Å²) in [6.45, 7) is 6.18. The molecular formula is C15H19Cl2N3. The number of piperazine rings is 1. The topological polar surface area (TPSA) is 28.2 Å². The third kappa shape index (κ3) is 2.85. The van der Waals surface area contributed by atoms with Crippen LogP contribution in [0.15, 0.2) is 24.4 Å². The van der Waals surface area contributed by atoms with E-state index in [2.05, 4.69) is 40.3 Å². The maximum atomic E-state index is 6.41. The van der Waals surface area contributed by atoms with Crippen LogP contribution in [0.2, 0.25) is 5.02 Å². The Hall–Kier alpha value is -1.03. The van der Waals surface area contributed by atoms with Crippen LogP contribution >= 0.6 is 24.0 Å². The summed E-state index contributed by atoms with van der Waals surface area (Å²) in [5.74, 6) is 0. The SMILES string of the molecule is CCc1ccc2ncc(Cl)c(N3CCNCC3)c2c1.Cl. The molecule has 1 aliphatic rings. The number of rotatable bonds is 2.